The Labute approximate surface area is 93.9 Å². The fourth-order valence-electron chi connectivity index (χ4n) is 1.41. The molecule has 86 valence electrons. The molecule has 0 atom stereocenters. The third-order valence-electron chi connectivity index (χ3n) is 2.33. The van der Waals surface area contributed by atoms with E-state index in [0.717, 1.165) is 11.1 Å². The number of carboxylic acids is 1. The maximum atomic E-state index is 11.4. The van der Waals surface area contributed by atoms with Crippen molar-refractivity contribution >= 4 is 11.9 Å². The van der Waals surface area contributed by atoms with E-state index in [2.05, 4.69) is 4.74 Å². The molecule has 4 heteroatoms. The average Bonchev–Trinajstić information content (AvgIpc) is 2.27. The van der Waals surface area contributed by atoms with Crippen molar-refractivity contribution in [3.63, 3.8) is 0 Å². The Bertz CT molecular complexity index is 409. The quantitative estimate of drug-likeness (QED) is 0.789. The summed E-state index contributed by atoms with van der Waals surface area (Å²) in [5.41, 5.74) is 2.14. The number of ether oxygens (including phenoxy) is 1. The molecular weight excluding hydrogens is 208 g/mol. The van der Waals surface area contributed by atoms with Gasteiger partial charge in [0.1, 0.15) is 0 Å². The fraction of sp³-hybridized carbons (Fsp3) is 0.333. The van der Waals surface area contributed by atoms with Gasteiger partial charge in [0.25, 0.3) is 0 Å². The fourth-order valence-corrected chi connectivity index (χ4v) is 1.41. The van der Waals surface area contributed by atoms with Gasteiger partial charge < -0.3 is 9.84 Å². The number of methoxy groups -OCH3 is 1. The molecule has 0 aliphatic rings. The molecule has 0 aliphatic heterocycles. The van der Waals surface area contributed by atoms with Crippen molar-refractivity contribution in [3.05, 3.63) is 34.9 Å². The van der Waals surface area contributed by atoms with Gasteiger partial charge in [-0.25, -0.2) is 4.79 Å². The van der Waals surface area contributed by atoms with Gasteiger partial charge >= 0.3 is 11.9 Å². The van der Waals surface area contributed by atoms with E-state index in [9.17, 15) is 9.59 Å². The van der Waals surface area contributed by atoms with Crippen molar-refractivity contribution in [1.82, 2.24) is 0 Å². The molecule has 1 N–H and O–H groups in total. The lowest BCUT2D eigenvalue weighted by Gasteiger charge is -2.06. The normalized spacial score (nSPS) is 9.88. The molecule has 0 heterocycles. The molecule has 0 saturated heterocycles. The highest BCUT2D eigenvalue weighted by molar-refractivity contribution is 5.91. The second-order valence-electron chi connectivity index (χ2n) is 3.53. The zero-order valence-corrected chi connectivity index (χ0v) is 9.32. The van der Waals surface area contributed by atoms with Gasteiger partial charge in [0, 0.05) is 6.42 Å². The van der Waals surface area contributed by atoms with E-state index in [4.69, 9.17) is 5.11 Å². The Morgan fingerprint density at radius 2 is 2.06 bits per heavy atom. The number of carboxylic acid groups (broad SMARTS) is 1. The molecule has 4 nitrogen and oxygen atoms in total. The summed E-state index contributed by atoms with van der Waals surface area (Å²) < 4.78 is 4.64. The standard InChI is InChI=1S/C12H14O4/c1-8-3-4-9(5-6-11(13)14)7-10(8)12(15)16-2/h3-4,7H,5-6H2,1-2H3,(H,13,14). The molecule has 0 fully saturated rings. The van der Waals surface area contributed by atoms with Crippen molar-refractivity contribution in [2.45, 2.75) is 19.8 Å². The predicted molar refractivity (Wildman–Crippen MR) is 58.5 cm³/mol. The van der Waals surface area contributed by atoms with E-state index in [1.807, 2.05) is 13.0 Å². The third kappa shape index (κ3) is 3.08. The van der Waals surface area contributed by atoms with Crippen LogP contribution in [0, 0.1) is 6.92 Å². The summed E-state index contributed by atoms with van der Waals surface area (Å²) in [6.07, 6.45) is 0.475. The molecule has 1 aromatic carbocycles. The summed E-state index contributed by atoms with van der Waals surface area (Å²) in [5.74, 6) is -1.24. The second kappa shape index (κ2) is 5.30. The number of carbonyl (C=O) groups is 2. The largest absolute Gasteiger partial charge is 0.481 e. The van der Waals surface area contributed by atoms with Gasteiger partial charge in [0.05, 0.1) is 12.7 Å². The van der Waals surface area contributed by atoms with Crippen LogP contribution in [0.25, 0.3) is 0 Å². The molecule has 0 radical (unpaired) electrons. The number of carbonyl (C=O) groups excluding carboxylic acids is 1. The maximum absolute atomic E-state index is 11.4. The van der Waals surface area contributed by atoms with E-state index >= 15 is 0 Å². The minimum Gasteiger partial charge on any atom is -0.481 e. The maximum Gasteiger partial charge on any atom is 0.338 e. The van der Waals surface area contributed by atoms with Crippen molar-refractivity contribution in [2.24, 2.45) is 0 Å². The van der Waals surface area contributed by atoms with Gasteiger partial charge in [-0.1, -0.05) is 12.1 Å². The van der Waals surface area contributed by atoms with Crippen LogP contribution in [0.5, 0.6) is 0 Å². The molecule has 0 unspecified atom stereocenters. The highest BCUT2D eigenvalue weighted by Crippen LogP contribution is 2.13. The molecule has 16 heavy (non-hydrogen) atoms. The number of benzene rings is 1. The third-order valence-corrected chi connectivity index (χ3v) is 2.33. The minimum atomic E-state index is -0.847. The van der Waals surface area contributed by atoms with Crippen molar-refractivity contribution in [3.8, 4) is 0 Å². The van der Waals surface area contributed by atoms with Crippen LogP contribution in [0.15, 0.2) is 18.2 Å². The lowest BCUT2D eigenvalue weighted by atomic mass is 10.0. The first-order chi connectivity index (χ1) is 7.54. The number of aliphatic carboxylic acids is 1. The lowest BCUT2D eigenvalue weighted by Crippen LogP contribution is -2.05. The van der Waals surface area contributed by atoms with Crippen LogP contribution in [0.4, 0.5) is 0 Å². The molecule has 0 saturated carbocycles. The average molecular weight is 222 g/mol. The zero-order valence-electron chi connectivity index (χ0n) is 9.32. The van der Waals surface area contributed by atoms with Crippen LogP contribution in [0.1, 0.15) is 27.9 Å². The minimum absolute atomic E-state index is 0.0592. The molecule has 0 aliphatic carbocycles. The summed E-state index contributed by atoms with van der Waals surface area (Å²) in [4.78, 5) is 21.8. The van der Waals surface area contributed by atoms with Gasteiger partial charge in [-0.05, 0) is 30.5 Å². The Hall–Kier alpha value is -1.84. The summed E-state index contributed by atoms with van der Waals surface area (Å²) in [5, 5.41) is 8.56. The van der Waals surface area contributed by atoms with Crippen LogP contribution in [0.2, 0.25) is 0 Å². The highest BCUT2D eigenvalue weighted by atomic mass is 16.5. The first-order valence-corrected chi connectivity index (χ1v) is 4.94. The smallest absolute Gasteiger partial charge is 0.338 e. The van der Waals surface area contributed by atoms with Crippen LogP contribution in [0.3, 0.4) is 0 Å². The molecule has 1 aromatic rings. The number of hydrogen-bond acceptors (Lipinski definition) is 3. The van der Waals surface area contributed by atoms with Crippen LogP contribution in [-0.4, -0.2) is 24.2 Å². The van der Waals surface area contributed by atoms with Crippen molar-refractivity contribution < 1.29 is 19.4 Å². The first-order valence-electron chi connectivity index (χ1n) is 4.94. The number of rotatable bonds is 4. The lowest BCUT2D eigenvalue weighted by molar-refractivity contribution is -0.136. The van der Waals surface area contributed by atoms with E-state index in [-0.39, 0.29) is 6.42 Å². The molecule has 0 spiro atoms. The Kier molecular flexibility index (Phi) is 4.05. The summed E-state index contributed by atoms with van der Waals surface area (Å²) >= 11 is 0. The molecule has 0 amide bonds. The topological polar surface area (TPSA) is 63.6 Å². The number of aryl methyl sites for hydroxylation is 2. The molecular formula is C12H14O4. The van der Waals surface area contributed by atoms with E-state index < -0.39 is 11.9 Å². The van der Waals surface area contributed by atoms with E-state index in [1.165, 1.54) is 7.11 Å². The van der Waals surface area contributed by atoms with Crippen LogP contribution < -0.4 is 0 Å². The van der Waals surface area contributed by atoms with Gasteiger partial charge in [-0.3, -0.25) is 4.79 Å². The summed E-state index contributed by atoms with van der Waals surface area (Å²) in [7, 11) is 1.33. The highest BCUT2D eigenvalue weighted by Gasteiger charge is 2.10. The Morgan fingerprint density at radius 1 is 1.38 bits per heavy atom. The summed E-state index contributed by atoms with van der Waals surface area (Å²) in [6, 6.07) is 5.30. The summed E-state index contributed by atoms with van der Waals surface area (Å²) in [6.45, 7) is 1.81. The van der Waals surface area contributed by atoms with Gasteiger partial charge in [-0.2, -0.15) is 0 Å². The SMILES string of the molecule is COC(=O)c1cc(CCC(=O)O)ccc1C. The van der Waals surface area contributed by atoms with Gasteiger partial charge in [0.15, 0.2) is 0 Å². The Balaban J connectivity index is 2.89. The van der Waals surface area contributed by atoms with Gasteiger partial charge in [0.2, 0.25) is 0 Å². The van der Waals surface area contributed by atoms with Crippen molar-refractivity contribution in [1.29, 1.82) is 0 Å². The Morgan fingerprint density at radius 3 is 2.62 bits per heavy atom. The zero-order chi connectivity index (χ0) is 12.1. The molecule has 1 rings (SSSR count). The van der Waals surface area contributed by atoms with Gasteiger partial charge in [-0.15, -0.1) is 0 Å². The van der Waals surface area contributed by atoms with E-state index in [1.54, 1.807) is 12.1 Å². The predicted octanol–water partition coefficient (Wildman–Crippen LogP) is 1.80. The van der Waals surface area contributed by atoms with Crippen LogP contribution in [-0.2, 0) is 16.0 Å². The second-order valence-corrected chi connectivity index (χ2v) is 3.53. The van der Waals surface area contributed by atoms with Crippen molar-refractivity contribution in [2.75, 3.05) is 7.11 Å². The molecule has 0 aromatic heterocycles. The van der Waals surface area contributed by atoms with Crippen LogP contribution >= 0.6 is 0 Å². The molecule has 0 bridgehead atoms. The monoisotopic (exact) mass is 222 g/mol. The van der Waals surface area contributed by atoms with E-state index in [0.29, 0.717) is 12.0 Å². The number of hydrogen-bond donors (Lipinski definition) is 1. The number of esters is 1. The first kappa shape index (κ1) is 12.2.